The summed E-state index contributed by atoms with van der Waals surface area (Å²) in [6.45, 7) is 8.85. The average molecular weight is 478 g/mol. The van der Waals surface area contributed by atoms with Gasteiger partial charge in [-0.3, -0.25) is 20.1 Å². The Hall–Kier alpha value is -4.10. The van der Waals surface area contributed by atoms with Crippen molar-refractivity contribution < 1.29 is 0 Å². The van der Waals surface area contributed by atoms with Gasteiger partial charge in [-0.2, -0.15) is 5.10 Å². The number of H-pyrrole nitrogens is 1. The fourth-order valence-corrected chi connectivity index (χ4v) is 5.06. The molecule has 5 rings (SSSR count). The highest BCUT2D eigenvalue weighted by Crippen LogP contribution is 2.42. The molecule has 0 saturated carbocycles. The second-order valence-corrected chi connectivity index (χ2v) is 9.90. The van der Waals surface area contributed by atoms with E-state index in [0.717, 1.165) is 51.1 Å². The lowest BCUT2D eigenvalue weighted by Crippen LogP contribution is -2.45. The third-order valence-electron chi connectivity index (χ3n) is 6.62. The number of aliphatic imine (C=N–C) groups is 2. The fourth-order valence-electron chi connectivity index (χ4n) is 5.06. The summed E-state index contributed by atoms with van der Waals surface area (Å²) >= 11 is 0. The SMILES string of the molecule is C=N/C=C(\C=C(/C)CN(C)C)c1ccc2[nH]nc(C3=CC4C(c5cccnc5)=CN=CC4(C)N3)c2c1. The van der Waals surface area contributed by atoms with Crippen LogP contribution in [0.15, 0.2) is 82.8 Å². The number of aromatic nitrogens is 3. The van der Waals surface area contributed by atoms with E-state index in [1.54, 1.807) is 6.20 Å². The van der Waals surface area contributed by atoms with Crippen LogP contribution in [0.3, 0.4) is 0 Å². The molecule has 2 unspecified atom stereocenters. The topological polar surface area (TPSA) is 81.6 Å². The molecule has 0 fully saturated rings. The largest absolute Gasteiger partial charge is 0.372 e. The molecule has 0 bridgehead atoms. The van der Waals surface area contributed by atoms with E-state index in [-0.39, 0.29) is 11.5 Å². The van der Waals surface area contributed by atoms with Gasteiger partial charge < -0.3 is 10.2 Å². The van der Waals surface area contributed by atoms with Crippen molar-refractivity contribution in [3.63, 3.8) is 0 Å². The van der Waals surface area contributed by atoms with Crippen molar-refractivity contribution in [1.29, 1.82) is 0 Å². The summed E-state index contributed by atoms with van der Waals surface area (Å²) < 4.78 is 0. The van der Waals surface area contributed by atoms with Crippen LogP contribution in [0.4, 0.5) is 0 Å². The number of hydrogen-bond donors (Lipinski definition) is 2. The molecule has 7 heteroatoms. The van der Waals surface area contributed by atoms with Gasteiger partial charge in [0.25, 0.3) is 0 Å². The Kier molecular flexibility index (Phi) is 6.24. The van der Waals surface area contributed by atoms with Gasteiger partial charge in [-0.15, -0.1) is 0 Å². The lowest BCUT2D eigenvalue weighted by molar-refractivity contribution is 0.445. The predicted octanol–water partition coefficient (Wildman–Crippen LogP) is 4.95. The number of allylic oxidation sites excluding steroid dienone is 2. The lowest BCUT2D eigenvalue weighted by Gasteiger charge is -2.32. The van der Waals surface area contributed by atoms with Crippen molar-refractivity contribution in [2.75, 3.05) is 20.6 Å². The van der Waals surface area contributed by atoms with Gasteiger partial charge in [0.15, 0.2) is 0 Å². The number of aromatic amines is 1. The van der Waals surface area contributed by atoms with E-state index in [9.17, 15) is 0 Å². The average Bonchev–Trinajstić information content (AvgIpc) is 3.43. The minimum absolute atomic E-state index is 0.112. The Labute approximate surface area is 211 Å². The number of likely N-dealkylation sites (N-methyl/N-ethyl adjacent to an activating group) is 1. The normalized spacial score (nSPS) is 21.9. The van der Waals surface area contributed by atoms with E-state index in [1.165, 1.54) is 5.57 Å². The van der Waals surface area contributed by atoms with Gasteiger partial charge in [0.2, 0.25) is 0 Å². The quantitative estimate of drug-likeness (QED) is 0.373. The first-order chi connectivity index (χ1) is 17.4. The molecule has 2 aromatic heterocycles. The molecule has 0 spiro atoms. The molecule has 3 aromatic rings. The molecular formula is C29H31N7. The Balaban J connectivity index is 1.54. The zero-order chi connectivity index (χ0) is 25.3. The Morgan fingerprint density at radius 1 is 1.28 bits per heavy atom. The van der Waals surface area contributed by atoms with Crippen LogP contribution in [-0.2, 0) is 0 Å². The monoisotopic (exact) mass is 477 g/mol. The van der Waals surface area contributed by atoms with Gasteiger partial charge in [-0.1, -0.05) is 23.8 Å². The number of fused-ring (bicyclic) bond motifs is 2. The van der Waals surface area contributed by atoms with Gasteiger partial charge in [0, 0.05) is 48.9 Å². The maximum atomic E-state index is 4.70. The molecule has 7 nitrogen and oxygen atoms in total. The summed E-state index contributed by atoms with van der Waals surface area (Å²) in [5.41, 5.74) is 8.05. The van der Waals surface area contributed by atoms with E-state index in [1.807, 2.05) is 30.9 Å². The molecule has 182 valence electrons. The maximum absolute atomic E-state index is 4.70. The smallest absolute Gasteiger partial charge is 0.116 e. The van der Waals surface area contributed by atoms with Crippen LogP contribution in [0.2, 0.25) is 0 Å². The van der Waals surface area contributed by atoms with E-state index < -0.39 is 0 Å². The number of rotatable bonds is 7. The number of pyridine rings is 1. The zero-order valence-corrected chi connectivity index (χ0v) is 21.2. The number of nitrogens with zero attached hydrogens (tertiary/aromatic N) is 5. The lowest BCUT2D eigenvalue weighted by atomic mass is 9.79. The Bertz CT molecular complexity index is 1450. The zero-order valence-electron chi connectivity index (χ0n) is 21.2. The van der Waals surface area contributed by atoms with Crippen molar-refractivity contribution in [2.45, 2.75) is 19.4 Å². The summed E-state index contributed by atoms with van der Waals surface area (Å²) in [7, 11) is 4.13. The molecule has 2 atom stereocenters. The molecule has 0 aliphatic carbocycles. The van der Waals surface area contributed by atoms with Crippen molar-refractivity contribution in [3.05, 3.63) is 89.7 Å². The maximum Gasteiger partial charge on any atom is 0.116 e. The van der Waals surface area contributed by atoms with Crippen molar-refractivity contribution >= 4 is 40.7 Å². The highest BCUT2D eigenvalue weighted by molar-refractivity contribution is 5.97. The van der Waals surface area contributed by atoms with E-state index in [4.69, 9.17) is 5.10 Å². The van der Waals surface area contributed by atoms with E-state index in [2.05, 4.69) is 101 Å². The first-order valence-corrected chi connectivity index (χ1v) is 12.0. The van der Waals surface area contributed by atoms with Crippen molar-refractivity contribution in [3.8, 4) is 0 Å². The highest BCUT2D eigenvalue weighted by atomic mass is 15.1. The predicted molar refractivity (Wildman–Crippen MR) is 150 cm³/mol. The first-order valence-electron chi connectivity index (χ1n) is 12.0. The van der Waals surface area contributed by atoms with Gasteiger partial charge in [0.1, 0.15) is 5.69 Å². The standard InChI is InChI=1S/C29H31N7/c1-19(17-36(4)5)11-22(14-30-3)20-8-9-26-23(12-20)28(35-34-26)27-13-25-24(21-7-6-10-31-15-21)16-32-18-29(25,2)33-27/h6-16,18,25,33H,3,17H2,1-2,4-5H3,(H,34,35)/b19-11+,22-14+. The van der Waals surface area contributed by atoms with Crippen LogP contribution >= 0.6 is 0 Å². The molecule has 2 aliphatic rings. The molecule has 1 aromatic carbocycles. The van der Waals surface area contributed by atoms with Gasteiger partial charge in [0.05, 0.1) is 16.8 Å². The van der Waals surface area contributed by atoms with E-state index >= 15 is 0 Å². The van der Waals surface area contributed by atoms with Crippen molar-refractivity contribution in [2.24, 2.45) is 15.9 Å². The number of benzene rings is 1. The first kappa shape index (κ1) is 23.6. The summed E-state index contributed by atoms with van der Waals surface area (Å²) in [5.74, 6) is 0.112. The minimum atomic E-state index is -0.345. The summed E-state index contributed by atoms with van der Waals surface area (Å²) in [6.07, 6.45) is 13.8. The van der Waals surface area contributed by atoms with Gasteiger partial charge in [-0.05, 0) is 81.2 Å². The molecular weight excluding hydrogens is 446 g/mol. The molecule has 36 heavy (non-hydrogen) atoms. The van der Waals surface area contributed by atoms with E-state index in [0.29, 0.717) is 0 Å². The molecule has 2 N–H and O–H groups in total. The molecule has 4 heterocycles. The number of hydrogen-bond acceptors (Lipinski definition) is 6. The minimum Gasteiger partial charge on any atom is -0.372 e. The Morgan fingerprint density at radius 2 is 2.14 bits per heavy atom. The summed E-state index contributed by atoms with van der Waals surface area (Å²) in [5, 5.41) is 12.6. The van der Waals surface area contributed by atoms with Gasteiger partial charge in [-0.25, -0.2) is 0 Å². The Morgan fingerprint density at radius 3 is 2.89 bits per heavy atom. The van der Waals surface area contributed by atoms with Crippen LogP contribution in [0.25, 0.3) is 27.7 Å². The van der Waals surface area contributed by atoms with Crippen LogP contribution in [-0.4, -0.2) is 59.2 Å². The fraction of sp³-hybridized carbons (Fsp3) is 0.241. The third-order valence-corrected chi connectivity index (χ3v) is 6.62. The van der Waals surface area contributed by atoms with Crippen LogP contribution in [0, 0.1) is 5.92 Å². The van der Waals surface area contributed by atoms with Crippen LogP contribution in [0.5, 0.6) is 0 Å². The van der Waals surface area contributed by atoms with Crippen LogP contribution in [0.1, 0.15) is 30.7 Å². The number of nitrogens with one attached hydrogen (secondary N) is 2. The highest BCUT2D eigenvalue weighted by Gasteiger charge is 2.42. The van der Waals surface area contributed by atoms with Crippen molar-refractivity contribution in [1.82, 2.24) is 25.4 Å². The van der Waals surface area contributed by atoms with Crippen LogP contribution < -0.4 is 5.32 Å². The summed E-state index contributed by atoms with van der Waals surface area (Å²) in [4.78, 5) is 15.1. The molecule has 2 aliphatic heterocycles. The molecule has 0 saturated heterocycles. The second kappa shape index (κ2) is 9.51. The third kappa shape index (κ3) is 4.45. The molecule has 0 amide bonds. The summed E-state index contributed by atoms with van der Waals surface area (Å²) in [6, 6.07) is 10.4. The molecule has 0 radical (unpaired) electrons. The second-order valence-electron chi connectivity index (χ2n) is 9.90. The van der Waals surface area contributed by atoms with Gasteiger partial charge >= 0.3 is 0 Å².